The Morgan fingerprint density at radius 2 is 1.92 bits per heavy atom. The van der Waals surface area contributed by atoms with Crippen LogP contribution in [0, 0.1) is 5.92 Å². The van der Waals surface area contributed by atoms with Gasteiger partial charge in [-0.2, -0.15) is 0 Å². The zero-order valence-corrected chi connectivity index (χ0v) is 9.73. The van der Waals surface area contributed by atoms with Gasteiger partial charge in [0.15, 0.2) is 0 Å². The normalized spacial score (nSPS) is 10.4. The van der Waals surface area contributed by atoms with Crippen LogP contribution in [0.5, 0.6) is 0 Å². The molecule has 12 heavy (non-hydrogen) atoms. The van der Waals surface area contributed by atoms with E-state index >= 15 is 0 Å². The number of carbonyl (C=O) groups is 1. The molecule has 0 aliphatic carbocycles. The second kappa shape index (κ2) is 6.46. The van der Waals surface area contributed by atoms with Crippen LogP contribution in [0.2, 0.25) is 0 Å². The van der Waals surface area contributed by atoms with E-state index in [1.807, 2.05) is 7.05 Å². The Kier molecular flexibility index (Phi) is 6.44. The van der Waals surface area contributed by atoms with E-state index in [9.17, 15) is 4.79 Å². The molecule has 2 nitrogen and oxygen atoms in total. The van der Waals surface area contributed by atoms with Crippen LogP contribution < -0.4 is 0 Å². The second-order valence-electron chi connectivity index (χ2n) is 2.96. The van der Waals surface area contributed by atoms with Gasteiger partial charge in [0.2, 0.25) is 5.91 Å². The van der Waals surface area contributed by atoms with Crippen molar-refractivity contribution in [2.45, 2.75) is 26.7 Å². The summed E-state index contributed by atoms with van der Waals surface area (Å²) in [5.41, 5.74) is 0. The Labute approximate surface area is 83.4 Å². The smallest absolute Gasteiger partial charge is 0.225 e. The highest BCUT2D eigenvalue weighted by molar-refractivity contribution is 9.09. The van der Waals surface area contributed by atoms with Gasteiger partial charge in [-0.3, -0.25) is 4.79 Å². The summed E-state index contributed by atoms with van der Waals surface area (Å²) in [6.45, 7) is 4.93. The summed E-state index contributed by atoms with van der Waals surface area (Å²) in [6.07, 6.45) is 1.89. The molecule has 0 N–H and O–H groups in total. The predicted molar refractivity (Wildman–Crippen MR) is 55.5 cm³/mol. The fourth-order valence-electron chi connectivity index (χ4n) is 1.19. The van der Waals surface area contributed by atoms with Gasteiger partial charge >= 0.3 is 0 Å². The van der Waals surface area contributed by atoms with Crippen LogP contribution in [0.25, 0.3) is 0 Å². The van der Waals surface area contributed by atoms with Crippen molar-refractivity contribution in [3.63, 3.8) is 0 Å². The number of rotatable bonds is 5. The number of hydrogen-bond acceptors (Lipinski definition) is 1. The van der Waals surface area contributed by atoms with Crippen LogP contribution >= 0.6 is 15.9 Å². The molecule has 0 aromatic rings. The molecule has 0 fully saturated rings. The lowest BCUT2D eigenvalue weighted by molar-refractivity contribution is -0.134. The summed E-state index contributed by atoms with van der Waals surface area (Å²) in [5, 5.41) is 0.857. The van der Waals surface area contributed by atoms with Crippen molar-refractivity contribution in [3.05, 3.63) is 0 Å². The minimum atomic E-state index is 0.217. The summed E-state index contributed by atoms with van der Waals surface area (Å²) in [7, 11) is 1.86. The van der Waals surface area contributed by atoms with Crippen molar-refractivity contribution in [1.82, 2.24) is 4.90 Å². The average Bonchev–Trinajstić information content (AvgIpc) is 2.07. The zero-order valence-electron chi connectivity index (χ0n) is 8.14. The fraction of sp³-hybridized carbons (Fsp3) is 0.889. The molecule has 0 saturated heterocycles. The van der Waals surface area contributed by atoms with Gasteiger partial charge < -0.3 is 4.90 Å². The van der Waals surface area contributed by atoms with Crippen LogP contribution in [0.3, 0.4) is 0 Å². The lowest BCUT2D eigenvalue weighted by Crippen LogP contribution is -2.33. The van der Waals surface area contributed by atoms with Crippen LogP contribution in [0.4, 0.5) is 0 Å². The number of hydrogen-bond donors (Lipinski definition) is 0. The maximum Gasteiger partial charge on any atom is 0.225 e. The number of amides is 1. The predicted octanol–water partition coefficient (Wildman–Crippen LogP) is 2.28. The van der Waals surface area contributed by atoms with Gasteiger partial charge in [-0.05, 0) is 12.8 Å². The van der Waals surface area contributed by atoms with Crippen molar-refractivity contribution in [2.24, 2.45) is 5.92 Å². The molecule has 0 aliphatic rings. The monoisotopic (exact) mass is 235 g/mol. The van der Waals surface area contributed by atoms with E-state index in [0.29, 0.717) is 0 Å². The van der Waals surface area contributed by atoms with E-state index < -0.39 is 0 Å². The Morgan fingerprint density at radius 1 is 1.42 bits per heavy atom. The molecule has 0 saturated carbocycles. The third-order valence-corrected chi connectivity index (χ3v) is 2.49. The van der Waals surface area contributed by atoms with E-state index in [0.717, 1.165) is 24.7 Å². The van der Waals surface area contributed by atoms with E-state index in [1.165, 1.54) is 0 Å². The molecule has 1 amide bonds. The molecular formula is C9H18BrNO. The molecule has 72 valence electrons. The molecule has 0 rings (SSSR count). The van der Waals surface area contributed by atoms with Crippen LogP contribution in [-0.4, -0.2) is 29.7 Å². The Bertz CT molecular complexity index is 134. The van der Waals surface area contributed by atoms with Crippen LogP contribution in [0.1, 0.15) is 26.7 Å². The molecule has 0 unspecified atom stereocenters. The van der Waals surface area contributed by atoms with E-state index in [4.69, 9.17) is 0 Å². The molecule has 0 bridgehead atoms. The van der Waals surface area contributed by atoms with Crippen molar-refractivity contribution >= 4 is 21.8 Å². The first-order chi connectivity index (χ1) is 5.67. The summed E-state index contributed by atoms with van der Waals surface area (Å²) in [6, 6.07) is 0. The summed E-state index contributed by atoms with van der Waals surface area (Å²) in [5.74, 6) is 0.494. The number of alkyl halides is 1. The first kappa shape index (κ1) is 11.9. The maximum atomic E-state index is 11.6. The van der Waals surface area contributed by atoms with Crippen molar-refractivity contribution in [2.75, 3.05) is 18.9 Å². The number of nitrogens with zero attached hydrogens (tertiary/aromatic N) is 1. The Morgan fingerprint density at radius 3 is 2.25 bits per heavy atom. The Balaban J connectivity index is 3.97. The number of carbonyl (C=O) groups excluding carboxylic acids is 1. The van der Waals surface area contributed by atoms with Crippen LogP contribution in [0.15, 0.2) is 0 Å². The van der Waals surface area contributed by atoms with Gasteiger partial charge in [0.1, 0.15) is 0 Å². The van der Waals surface area contributed by atoms with Crippen molar-refractivity contribution in [1.29, 1.82) is 0 Å². The molecule has 0 spiro atoms. The minimum Gasteiger partial charge on any atom is -0.345 e. The highest BCUT2D eigenvalue weighted by Crippen LogP contribution is 2.10. The maximum absolute atomic E-state index is 11.6. The first-order valence-electron chi connectivity index (χ1n) is 4.48. The first-order valence-corrected chi connectivity index (χ1v) is 5.60. The quantitative estimate of drug-likeness (QED) is 0.670. The summed E-state index contributed by atoms with van der Waals surface area (Å²) in [4.78, 5) is 13.4. The standard InChI is InChI=1S/C9H18BrNO/c1-4-8(5-2)9(12)11(3)7-6-10/h8H,4-7H2,1-3H3. The molecule has 0 aliphatic heterocycles. The van der Waals surface area contributed by atoms with Gasteiger partial charge in [-0.1, -0.05) is 29.8 Å². The van der Waals surface area contributed by atoms with Crippen molar-refractivity contribution < 1.29 is 4.79 Å². The topological polar surface area (TPSA) is 20.3 Å². The number of halogens is 1. The van der Waals surface area contributed by atoms with Gasteiger partial charge in [0.25, 0.3) is 0 Å². The highest BCUT2D eigenvalue weighted by atomic mass is 79.9. The SMILES string of the molecule is CCC(CC)C(=O)N(C)CCBr. The molecule has 0 aromatic carbocycles. The van der Waals surface area contributed by atoms with Gasteiger partial charge in [-0.15, -0.1) is 0 Å². The fourth-order valence-corrected chi connectivity index (χ4v) is 1.72. The lowest BCUT2D eigenvalue weighted by Gasteiger charge is -2.21. The average molecular weight is 236 g/mol. The van der Waals surface area contributed by atoms with Gasteiger partial charge in [-0.25, -0.2) is 0 Å². The lowest BCUT2D eigenvalue weighted by atomic mass is 10.0. The minimum absolute atomic E-state index is 0.217. The van der Waals surface area contributed by atoms with E-state index in [1.54, 1.807) is 4.90 Å². The van der Waals surface area contributed by atoms with Crippen LogP contribution in [-0.2, 0) is 4.79 Å². The van der Waals surface area contributed by atoms with E-state index in [-0.39, 0.29) is 11.8 Å². The summed E-state index contributed by atoms with van der Waals surface area (Å²) >= 11 is 3.32. The molecule has 0 radical (unpaired) electrons. The van der Waals surface area contributed by atoms with Gasteiger partial charge in [0.05, 0.1) is 0 Å². The molecule has 0 atom stereocenters. The molecule has 3 heteroatoms. The Hall–Kier alpha value is -0.0500. The third kappa shape index (κ3) is 3.57. The summed E-state index contributed by atoms with van der Waals surface area (Å²) < 4.78 is 0. The molecule has 0 heterocycles. The zero-order chi connectivity index (χ0) is 9.56. The largest absolute Gasteiger partial charge is 0.345 e. The highest BCUT2D eigenvalue weighted by Gasteiger charge is 2.17. The van der Waals surface area contributed by atoms with Crippen molar-refractivity contribution in [3.8, 4) is 0 Å². The molecular weight excluding hydrogens is 218 g/mol. The van der Waals surface area contributed by atoms with Gasteiger partial charge in [0, 0.05) is 24.8 Å². The second-order valence-corrected chi connectivity index (χ2v) is 3.76. The third-order valence-electron chi connectivity index (χ3n) is 2.13. The molecule has 0 aromatic heterocycles. The van der Waals surface area contributed by atoms with E-state index in [2.05, 4.69) is 29.8 Å².